The molecule has 0 N–H and O–H groups in total. The van der Waals surface area contributed by atoms with Crippen molar-refractivity contribution in [1.29, 1.82) is 0 Å². The highest BCUT2D eigenvalue weighted by Gasteiger charge is 2.17. The largest absolute Gasteiger partial charge is 0.269 e. The van der Waals surface area contributed by atoms with Gasteiger partial charge in [0, 0.05) is 23.8 Å². The standard InChI is InChI=1S/C21H19N5S/c1-15-8-9-17(12-16(15)2)14-27-21-25-24-20(19-13-22-10-11-23-19)26(21)18-6-4-3-5-7-18/h3-13H,14H2,1-2H3. The van der Waals surface area contributed by atoms with E-state index in [0.29, 0.717) is 11.5 Å². The third-order valence-electron chi connectivity index (χ3n) is 4.38. The fourth-order valence-corrected chi connectivity index (χ4v) is 3.69. The maximum atomic E-state index is 4.43. The van der Waals surface area contributed by atoms with Gasteiger partial charge in [-0.15, -0.1) is 10.2 Å². The molecular formula is C21H19N5S. The zero-order valence-electron chi connectivity index (χ0n) is 15.2. The lowest BCUT2D eigenvalue weighted by molar-refractivity contribution is 0.884. The first-order chi connectivity index (χ1) is 13.2. The molecule has 0 saturated carbocycles. The van der Waals surface area contributed by atoms with E-state index in [-0.39, 0.29) is 0 Å². The lowest BCUT2D eigenvalue weighted by Gasteiger charge is -2.10. The smallest absolute Gasteiger partial charge is 0.196 e. The van der Waals surface area contributed by atoms with Crippen molar-refractivity contribution < 1.29 is 0 Å². The Kier molecular flexibility index (Phi) is 4.98. The second-order valence-corrected chi connectivity index (χ2v) is 7.22. The van der Waals surface area contributed by atoms with E-state index in [1.807, 2.05) is 34.9 Å². The van der Waals surface area contributed by atoms with E-state index in [1.54, 1.807) is 30.4 Å². The first kappa shape index (κ1) is 17.4. The summed E-state index contributed by atoms with van der Waals surface area (Å²) in [5, 5.41) is 9.66. The maximum Gasteiger partial charge on any atom is 0.196 e. The Labute approximate surface area is 162 Å². The number of aryl methyl sites for hydroxylation is 2. The van der Waals surface area contributed by atoms with Gasteiger partial charge in [0.1, 0.15) is 5.69 Å². The van der Waals surface area contributed by atoms with Crippen LogP contribution in [0.25, 0.3) is 17.2 Å². The van der Waals surface area contributed by atoms with Crippen LogP contribution in [0, 0.1) is 13.8 Å². The predicted octanol–water partition coefficient (Wildman–Crippen LogP) is 4.63. The van der Waals surface area contributed by atoms with Crippen LogP contribution in [0.4, 0.5) is 0 Å². The van der Waals surface area contributed by atoms with Crippen molar-refractivity contribution in [1.82, 2.24) is 24.7 Å². The fraction of sp³-hybridized carbons (Fsp3) is 0.143. The molecule has 0 saturated heterocycles. The zero-order chi connectivity index (χ0) is 18.6. The Morgan fingerprint density at radius 2 is 1.78 bits per heavy atom. The Balaban J connectivity index is 1.70. The van der Waals surface area contributed by atoms with Crippen LogP contribution >= 0.6 is 11.8 Å². The molecule has 2 aromatic carbocycles. The number of benzene rings is 2. The second-order valence-electron chi connectivity index (χ2n) is 6.28. The number of aromatic nitrogens is 5. The summed E-state index contributed by atoms with van der Waals surface area (Å²) in [6, 6.07) is 16.7. The molecule has 4 rings (SSSR count). The van der Waals surface area contributed by atoms with Crippen LogP contribution in [0.5, 0.6) is 0 Å². The van der Waals surface area contributed by atoms with Gasteiger partial charge in [0.05, 0.1) is 6.20 Å². The fourth-order valence-electron chi connectivity index (χ4n) is 2.79. The van der Waals surface area contributed by atoms with Gasteiger partial charge in [-0.2, -0.15) is 0 Å². The van der Waals surface area contributed by atoms with E-state index in [0.717, 1.165) is 16.6 Å². The zero-order valence-corrected chi connectivity index (χ0v) is 16.0. The van der Waals surface area contributed by atoms with Gasteiger partial charge in [-0.05, 0) is 42.7 Å². The minimum atomic E-state index is 0.692. The topological polar surface area (TPSA) is 56.5 Å². The van der Waals surface area contributed by atoms with Gasteiger partial charge < -0.3 is 0 Å². The van der Waals surface area contributed by atoms with Crippen LogP contribution in [-0.2, 0) is 5.75 Å². The molecule has 0 radical (unpaired) electrons. The highest BCUT2D eigenvalue weighted by atomic mass is 32.2. The van der Waals surface area contributed by atoms with E-state index >= 15 is 0 Å². The summed E-state index contributed by atoms with van der Waals surface area (Å²) >= 11 is 1.67. The summed E-state index contributed by atoms with van der Waals surface area (Å²) in [5.41, 5.74) is 5.59. The third-order valence-corrected chi connectivity index (χ3v) is 5.38. The molecule has 0 aliphatic carbocycles. The molecule has 27 heavy (non-hydrogen) atoms. The molecule has 2 aromatic heterocycles. The van der Waals surface area contributed by atoms with Crippen LogP contribution in [0.3, 0.4) is 0 Å². The summed E-state index contributed by atoms with van der Waals surface area (Å²) in [4.78, 5) is 8.56. The van der Waals surface area contributed by atoms with Crippen molar-refractivity contribution in [2.75, 3.05) is 0 Å². The lowest BCUT2D eigenvalue weighted by Crippen LogP contribution is -2.01. The van der Waals surface area contributed by atoms with Crippen LogP contribution in [0.15, 0.2) is 72.3 Å². The van der Waals surface area contributed by atoms with Gasteiger partial charge in [0.15, 0.2) is 11.0 Å². The molecule has 0 bridgehead atoms. The average molecular weight is 373 g/mol. The van der Waals surface area contributed by atoms with Gasteiger partial charge in [0.2, 0.25) is 0 Å². The normalized spacial score (nSPS) is 10.9. The molecule has 5 nitrogen and oxygen atoms in total. The van der Waals surface area contributed by atoms with E-state index < -0.39 is 0 Å². The molecule has 0 spiro atoms. The minimum absolute atomic E-state index is 0.692. The molecule has 134 valence electrons. The van der Waals surface area contributed by atoms with Gasteiger partial charge >= 0.3 is 0 Å². The van der Waals surface area contributed by atoms with Crippen molar-refractivity contribution in [3.63, 3.8) is 0 Å². The summed E-state index contributed by atoms with van der Waals surface area (Å²) < 4.78 is 2.04. The summed E-state index contributed by atoms with van der Waals surface area (Å²) in [6.45, 7) is 4.27. The summed E-state index contributed by atoms with van der Waals surface area (Å²) in [5.74, 6) is 1.52. The van der Waals surface area contributed by atoms with Gasteiger partial charge in [-0.3, -0.25) is 9.55 Å². The molecule has 2 heterocycles. The number of thioether (sulfide) groups is 1. The van der Waals surface area contributed by atoms with Crippen LogP contribution in [-0.4, -0.2) is 24.7 Å². The minimum Gasteiger partial charge on any atom is -0.269 e. The van der Waals surface area contributed by atoms with Crippen LogP contribution < -0.4 is 0 Å². The Morgan fingerprint density at radius 1 is 0.926 bits per heavy atom. The predicted molar refractivity (Wildman–Crippen MR) is 108 cm³/mol. The maximum absolute atomic E-state index is 4.43. The first-order valence-electron chi connectivity index (χ1n) is 8.68. The molecule has 0 aliphatic heterocycles. The number of para-hydroxylation sites is 1. The van der Waals surface area contributed by atoms with Crippen molar-refractivity contribution >= 4 is 11.8 Å². The van der Waals surface area contributed by atoms with E-state index in [4.69, 9.17) is 0 Å². The average Bonchev–Trinajstić information content (AvgIpc) is 3.14. The molecule has 0 atom stereocenters. The van der Waals surface area contributed by atoms with Crippen molar-refractivity contribution in [3.8, 4) is 17.2 Å². The molecule has 0 amide bonds. The van der Waals surface area contributed by atoms with E-state index in [2.05, 4.69) is 52.2 Å². The monoisotopic (exact) mass is 373 g/mol. The van der Waals surface area contributed by atoms with Gasteiger partial charge in [-0.25, -0.2) is 4.98 Å². The number of rotatable bonds is 5. The van der Waals surface area contributed by atoms with Gasteiger partial charge in [-0.1, -0.05) is 48.2 Å². The second kappa shape index (κ2) is 7.72. The van der Waals surface area contributed by atoms with Crippen molar-refractivity contribution in [2.45, 2.75) is 24.8 Å². The van der Waals surface area contributed by atoms with Crippen molar-refractivity contribution in [2.24, 2.45) is 0 Å². The first-order valence-corrected chi connectivity index (χ1v) is 9.67. The highest BCUT2D eigenvalue weighted by molar-refractivity contribution is 7.98. The molecular weight excluding hydrogens is 354 g/mol. The number of hydrogen-bond donors (Lipinski definition) is 0. The van der Waals surface area contributed by atoms with Crippen molar-refractivity contribution in [3.05, 3.63) is 83.8 Å². The Bertz CT molecular complexity index is 1040. The SMILES string of the molecule is Cc1ccc(CSc2nnc(-c3cnccn3)n2-c2ccccc2)cc1C. The Morgan fingerprint density at radius 3 is 2.52 bits per heavy atom. The molecule has 0 aliphatic rings. The molecule has 0 unspecified atom stereocenters. The van der Waals surface area contributed by atoms with Crippen LogP contribution in [0.2, 0.25) is 0 Å². The molecule has 6 heteroatoms. The highest BCUT2D eigenvalue weighted by Crippen LogP contribution is 2.29. The van der Waals surface area contributed by atoms with Gasteiger partial charge in [0.25, 0.3) is 0 Å². The number of nitrogens with zero attached hydrogens (tertiary/aromatic N) is 5. The third kappa shape index (κ3) is 3.75. The number of hydrogen-bond acceptors (Lipinski definition) is 5. The quantitative estimate of drug-likeness (QED) is 0.477. The molecule has 0 fully saturated rings. The van der Waals surface area contributed by atoms with Crippen LogP contribution in [0.1, 0.15) is 16.7 Å². The Hall–Kier alpha value is -2.99. The van der Waals surface area contributed by atoms with E-state index in [9.17, 15) is 0 Å². The summed E-state index contributed by atoms with van der Waals surface area (Å²) in [7, 11) is 0. The molecule has 4 aromatic rings. The van der Waals surface area contributed by atoms with E-state index in [1.165, 1.54) is 16.7 Å². The summed E-state index contributed by atoms with van der Waals surface area (Å²) in [6.07, 6.45) is 5.03. The lowest BCUT2D eigenvalue weighted by atomic mass is 10.1.